The van der Waals surface area contributed by atoms with Crippen molar-refractivity contribution < 1.29 is 14.3 Å². The van der Waals surface area contributed by atoms with Gasteiger partial charge in [-0.2, -0.15) is 0 Å². The van der Waals surface area contributed by atoms with Gasteiger partial charge in [0.2, 0.25) is 0 Å². The fourth-order valence-corrected chi connectivity index (χ4v) is 3.57. The normalized spacial score (nSPS) is 20.4. The van der Waals surface area contributed by atoms with Crippen LogP contribution in [0, 0.1) is 5.92 Å². The third kappa shape index (κ3) is 4.62. The average molecular weight is 342 g/mol. The predicted molar refractivity (Wildman–Crippen MR) is 97.1 cm³/mol. The Balaban J connectivity index is 1.41. The number of para-hydroxylation sites is 1. The van der Waals surface area contributed by atoms with Gasteiger partial charge in [0.15, 0.2) is 6.61 Å². The van der Waals surface area contributed by atoms with Crippen LogP contribution >= 0.6 is 0 Å². The van der Waals surface area contributed by atoms with Crippen molar-refractivity contribution in [2.45, 2.75) is 51.5 Å². The number of carbonyl (C=O) groups is 2. The third-order valence-corrected chi connectivity index (χ3v) is 5.10. The van der Waals surface area contributed by atoms with Gasteiger partial charge in [0.25, 0.3) is 5.91 Å². The molecule has 0 radical (unpaired) electrons. The summed E-state index contributed by atoms with van der Waals surface area (Å²) in [5, 5.41) is 4.12. The monoisotopic (exact) mass is 342 g/mol. The van der Waals surface area contributed by atoms with Crippen LogP contribution in [-0.4, -0.2) is 29.5 Å². The molecule has 1 aromatic heterocycles. The first-order chi connectivity index (χ1) is 12.1. The van der Waals surface area contributed by atoms with E-state index < -0.39 is 0 Å². The lowest BCUT2D eigenvalue weighted by Crippen LogP contribution is -2.42. The van der Waals surface area contributed by atoms with E-state index >= 15 is 0 Å². The van der Waals surface area contributed by atoms with E-state index in [1.807, 2.05) is 30.5 Å². The molecule has 2 aromatic rings. The SMILES string of the molecule is C[C@H]1CCCC[C@@H]1NC(=O)COC(=O)CCc1c[nH]c2ccccc12. The fraction of sp³-hybridized carbons (Fsp3) is 0.500. The molecule has 5 heteroatoms. The van der Waals surface area contributed by atoms with E-state index in [-0.39, 0.29) is 30.9 Å². The molecule has 1 aliphatic rings. The van der Waals surface area contributed by atoms with Crippen molar-refractivity contribution >= 4 is 22.8 Å². The maximum Gasteiger partial charge on any atom is 0.306 e. The largest absolute Gasteiger partial charge is 0.456 e. The average Bonchev–Trinajstić information content (AvgIpc) is 3.03. The number of hydrogen-bond donors (Lipinski definition) is 2. The minimum atomic E-state index is -0.336. The zero-order chi connectivity index (χ0) is 17.6. The Bertz CT molecular complexity index is 737. The summed E-state index contributed by atoms with van der Waals surface area (Å²) in [6.45, 7) is 1.98. The van der Waals surface area contributed by atoms with Crippen molar-refractivity contribution in [3.8, 4) is 0 Å². The summed E-state index contributed by atoms with van der Waals surface area (Å²) in [6, 6.07) is 8.21. The zero-order valence-corrected chi connectivity index (χ0v) is 14.7. The van der Waals surface area contributed by atoms with E-state index in [1.165, 1.54) is 6.42 Å². The molecule has 0 saturated heterocycles. The highest BCUT2D eigenvalue weighted by atomic mass is 16.5. The fourth-order valence-electron chi connectivity index (χ4n) is 3.57. The lowest BCUT2D eigenvalue weighted by atomic mass is 9.86. The Hall–Kier alpha value is -2.30. The Labute approximate surface area is 148 Å². The Kier molecular flexibility index (Phi) is 5.74. The summed E-state index contributed by atoms with van der Waals surface area (Å²) < 4.78 is 5.13. The molecule has 1 aromatic carbocycles. The highest BCUT2D eigenvalue weighted by molar-refractivity contribution is 5.84. The number of aromatic amines is 1. The van der Waals surface area contributed by atoms with Gasteiger partial charge in [-0.05, 0) is 36.8 Å². The minimum Gasteiger partial charge on any atom is -0.456 e. The molecule has 0 unspecified atom stereocenters. The van der Waals surface area contributed by atoms with Crippen molar-refractivity contribution in [3.05, 3.63) is 36.0 Å². The number of fused-ring (bicyclic) bond motifs is 1. The molecule has 134 valence electrons. The number of ether oxygens (including phenoxy) is 1. The number of carbonyl (C=O) groups excluding carboxylic acids is 2. The molecule has 2 N–H and O–H groups in total. The highest BCUT2D eigenvalue weighted by Gasteiger charge is 2.23. The van der Waals surface area contributed by atoms with Crippen LogP contribution in [0.5, 0.6) is 0 Å². The third-order valence-electron chi connectivity index (χ3n) is 5.10. The maximum absolute atomic E-state index is 12.0. The highest BCUT2D eigenvalue weighted by Crippen LogP contribution is 2.23. The number of H-pyrrole nitrogens is 1. The van der Waals surface area contributed by atoms with Gasteiger partial charge in [-0.1, -0.05) is 38.0 Å². The second-order valence-electron chi connectivity index (χ2n) is 6.96. The number of benzene rings is 1. The number of hydrogen-bond acceptors (Lipinski definition) is 3. The second kappa shape index (κ2) is 8.19. The summed E-state index contributed by atoms with van der Waals surface area (Å²) in [5.74, 6) is -0.0356. The van der Waals surface area contributed by atoms with Gasteiger partial charge in [-0.15, -0.1) is 0 Å². The van der Waals surface area contributed by atoms with Crippen LogP contribution in [-0.2, 0) is 20.7 Å². The Morgan fingerprint density at radius 2 is 2.04 bits per heavy atom. The summed E-state index contributed by atoms with van der Waals surface area (Å²) in [6.07, 6.45) is 7.35. The van der Waals surface area contributed by atoms with Crippen LogP contribution in [0.15, 0.2) is 30.5 Å². The van der Waals surface area contributed by atoms with Crippen LogP contribution in [0.3, 0.4) is 0 Å². The lowest BCUT2D eigenvalue weighted by Gasteiger charge is -2.29. The quantitative estimate of drug-likeness (QED) is 0.791. The van der Waals surface area contributed by atoms with Crippen molar-refractivity contribution in [2.75, 3.05) is 6.61 Å². The van der Waals surface area contributed by atoms with Crippen molar-refractivity contribution in [3.63, 3.8) is 0 Å². The maximum atomic E-state index is 12.0. The number of amides is 1. The molecule has 1 fully saturated rings. The van der Waals surface area contributed by atoms with E-state index in [1.54, 1.807) is 0 Å². The summed E-state index contributed by atoms with van der Waals surface area (Å²) >= 11 is 0. The molecule has 0 aliphatic heterocycles. The van der Waals surface area contributed by atoms with Crippen LogP contribution in [0.2, 0.25) is 0 Å². The van der Waals surface area contributed by atoms with Crippen LogP contribution in [0.25, 0.3) is 10.9 Å². The van der Waals surface area contributed by atoms with Gasteiger partial charge in [0.1, 0.15) is 0 Å². The molecule has 0 spiro atoms. The lowest BCUT2D eigenvalue weighted by molar-refractivity contribution is -0.148. The van der Waals surface area contributed by atoms with Gasteiger partial charge >= 0.3 is 5.97 Å². The van der Waals surface area contributed by atoms with Gasteiger partial charge in [0.05, 0.1) is 0 Å². The summed E-state index contributed by atoms with van der Waals surface area (Å²) in [4.78, 5) is 27.1. The molecule has 25 heavy (non-hydrogen) atoms. The van der Waals surface area contributed by atoms with E-state index in [0.29, 0.717) is 12.3 Å². The van der Waals surface area contributed by atoms with Gasteiger partial charge in [-0.3, -0.25) is 9.59 Å². The van der Waals surface area contributed by atoms with Crippen LogP contribution in [0.1, 0.15) is 44.6 Å². The van der Waals surface area contributed by atoms with Crippen LogP contribution in [0.4, 0.5) is 0 Å². The van der Waals surface area contributed by atoms with Crippen molar-refractivity contribution in [2.24, 2.45) is 5.92 Å². The number of aromatic nitrogens is 1. The number of esters is 1. The van der Waals surface area contributed by atoms with E-state index in [4.69, 9.17) is 4.74 Å². The molecule has 5 nitrogen and oxygen atoms in total. The molecule has 2 atom stereocenters. The molecular weight excluding hydrogens is 316 g/mol. The van der Waals surface area contributed by atoms with E-state index in [0.717, 1.165) is 35.7 Å². The van der Waals surface area contributed by atoms with E-state index in [2.05, 4.69) is 17.2 Å². The summed E-state index contributed by atoms with van der Waals surface area (Å²) in [5.41, 5.74) is 2.15. The molecule has 1 amide bonds. The number of nitrogens with one attached hydrogen (secondary N) is 2. The first kappa shape index (κ1) is 17.5. The number of aryl methyl sites for hydroxylation is 1. The summed E-state index contributed by atoms with van der Waals surface area (Å²) in [7, 11) is 0. The molecule has 1 saturated carbocycles. The molecule has 0 bridgehead atoms. The predicted octanol–water partition coefficient (Wildman–Crippen LogP) is 3.34. The first-order valence-electron chi connectivity index (χ1n) is 9.13. The second-order valence-corrected chi connectivity index (χ2v) is 6.96. The standard InChI is InChI=1S/C20H26N2O3/c1-14-6-2-4-8-17(14)22-19(23)13-25-20(24)11-10-15-12-21-18-9-5-3-7-16(15)18/h3,5,7,9,12,14,17,21H,2,4,6,8,10-11,13H2,1H3,(H,22,23)/t14-,17-/m0/s1. The molecule has 1 heterocycles. The topological polar surface area (TPSA) is 71.2 Å². The first-order valence-corrected chi connectivity index (χ1v) is 9.13. The molecular formula is C20H26N2O3. The van der Waals surface area contributed by atoms with E-state index in [9.17, 15) is 9.59 Å². The van der Waals surface area contributed by atoms with Gasteiger partial charge in [0, 0.05) is 29.6 Å². The molecule has 1 aliphatic carbocycles. The Morgan fingerprint density at radius 3 is 2.88 bits per heavy atom. The molecule has 3 rings (SSSR count). The van der Waals surface area contributed by atoms with Gasteiger partial charge in [-0.25, -0.2) is 0 Å². The number of rotatable bonds is 6. The van der Waals surface area contributed by atoms with Gasteiger partial charge < -0.3 is 15.0 Å². The van der Waals surface area contributed by atoms with Crippen molar-refractivity contribution in [1.29, 1.82) is 0 Å². The Morgan fingerprint density at radius 1 is 1.24 bits per heavy atom. The minimum absolute atomic E-state index is 0.185. The van der Waals surface area contributed by atoms with Crippen LogP contribution < -0.4 is 5.32 Å². The smallest absolute Gasteiger partial charge is 0.306 e. The zero-order valence-electron chi connectivity index (χ0n) is 14.7. The van der Waals surface area contributed by atoms with Crippen molar-refractivity contribution in [1.82, 2.24) is 10.3 Å².